The monoisotopic (exact) mass is 283 g/mol. The van der Waals surface area contributed by atoms with Gasteiger partial charge < -0.3 is 10.1 Å². The molecule has 3 heteroatoms. The van der Waals surface area contributed by atoms with Gasteiger partial charge in [-0.1, -0.05) is 28.1 Å². The van der Waals surface area contributed by atoms with Crippen LogP contribution in [0.2, 0.25) is 0 Å². The fourth-order valence-electron chi connectivity index (χ4n) is 2.10. The van der Waals surface area contributed by atoms with Gasteiger partial charge in [-0.15, -0.1) is 0 Å². The summed E-state index contributed by atoms with van der Waals surface area (Å²) in [4.78, 5) is 0. The zero-order valence-corrected chi connectivity index (χ0v) is 11.2. The molecule has 16 heavy (non-hydrogen) atoms. The van der Waals surface area contributed by atoms with E-state index in [-0.39, 0.29) is 0 Å². The molecule has 0 aromatic heterocycles. The van der Waals surface area contributed by atoms with Crippen molar-refractivity contribution in [1.82, 2.24) is 5.32 Å². The minimum atomic E-state index is 0.379. The minimum Gasteiger partial charge on any atom is -0.380 e. The van der Waals surface area contributed by atoms with Crippen molar-refractivity contribution in [2.24, 2.45) is 0 Å². The first-order valence-electron chi connectivity index (χ1n) is 5.85. The van der Waals surface area contributed by atoms with E-state index in [1.807, 2.05) is 0 Å². The molecule has 88 valence electrons. The van der Waals surface area contributed by atoms with E-state index >= 15 is 0 Å². The number of benzene rings is 1. The highest BCUT2D eigenvalue weighted by atomic mass is 79.9. The van der Waals surface area contributed by atoms with Gasteiger partial charge in [0.15, 0.2) is 0 Å². The van der Waals surface area contributed by atoms with Crippen LogP contribution in [-0.4, -0.2) is 19.3 Å². The Morgan fingerprint density at radius 1 is 1.50 bits per heavy atom. The van der Waals surface area contributed by atoms with Crippen LogP contribution in [0.1, 0.15) is 31.4 Å². The Labute approximate surface area is 106 Å². The number of rotatable bonds is 3. The summed E-state index contributed by atoms with van der Waals surface area (Å²) >= 11 is 3.50. The molecule has 1 fully saturated rings. The van der Waals surface area contributed by atoms with Gasteiger partial charge in [0.2, 0.25) is 0 Å². The van der Waals surface area contributed by atoms with Crippen LogP contribution < -0.4 is 5.32 Å². The van der Waals surface area contributed by atoms with Crippen LogP contribution in [0.25, 0.3) is 0 Å². The topological polar surface area (TPSA) is 21.3 Å². The van der Waals surface area contributed by atoms with E-state index in [0.29, 0.717) is 12.1 Å². The third-order valence-corrected chi connectivity index (χ3v) is 3.49. The van der Waals surface area contributed by atoms with Crippen LogP contribution in [-0.2, 0) is 4.74 Å². The van der Waals surface area contributed by atoms with Crippen molar-refractivity contribution in [3.8, 4) is 0 Å². The molecular weight excluding hydrogens is 266 g/mol. The second-order valence-corrected chi connectivity index (χ2v) is 5.27. The third-order valence-electron chi connectivity index (χ3n) is 2.99. The predicted molar refractivity (Wildman–Crippen MR) is 69.5 cm³/mol. The van der Waals surface area contributed by atoms with Crippen molar-refractivity contribution in [1.29, 1.82) is 0 Å². The lowest BCUT2D eigenvalue weighted by atomic mass is 10.1. The fraction of sp³-hybridized carbons (Fsp3) is 0.538. The zero-order valence-electron chi connectivity index (χ0n) is 9.58. The summed E-state index contributed by atoms with van der Waals surface area (Å²) in [5.74, 6) is 0. The summed E-state index contributed by atoms with van der Waals surface area (Å²) in [7, 11) is 0. The SMILES string of the molecule is C[C@@H](NC1CCCOC1)c1cccc(Br)c1. The lowest BCUT2D eigenvalue weighted by Gasteiger charge is -2.27. The van der Waals surface area contributed by atoms with Crippen LogP contribution in [0.5, 0.6) is 0 Å². The maximum atomic E-state index is 5.47. The average molecular weight is 284 g/mol. The van der Waals surface area contributed by atoms with Crippen molar-refractivity contribution in [2.45, 2.75) is 31.8 Å². The fourth-order valence-corrected chi connectivity index (χ4v) is 2.51. The number of ether oxygens (including phenoxy) is 1. The van der Waals surface area contributed by atoms with Gasteiger partial charge in [0.05, 0.1) is 6.61 Å². The normalized spacial score (nSPS) is 23.0. The molecule has 1 aliphatic rings. The summed E-state index contributed by atoms with van der Waals surface area (Å²) in [6, 6.07) is 9.34. The highest BCUT2D eigenvalue weighted by Crippen LogP contribution is 2.19. The molecule has 1 aromatic carbocycles. The van der Waals surface area contributed by atoms with Gasteiger partial charge in [0.25, 0.3) is 0 Å². The molecule has 0 amide bonds. The zero-order chi connectivity index (χ0) is 11.4. The van der Waals surface area contributed by atoms with E-state index in [9.17, 15) is 0 Å². The first-order chi connectivity index (χ1) is 7.75. The van der Waals surface area contributed by atoms with Crippen molar-refractivity contribution >= 4 is 15.9 Å². The average Bonchev–Trinajstić information content (AvgIpc) is 2.30. The summed E-state index contributed by atoms with van der Waals surface area (Å²) in [5.41, 5.74) is 1.32. The highest BCUT2D eigenvalue weighted by Gasteiger charge is 2.16. The Balaban J connectivity index is 1.94. The van der Waals surface area contributed by atoms with E-state index < -0.39 is 0 Å². The molecule has 1 aromatic rings. The van der Waals surface area contributed by atoms with Crippen molar-refractivity contribution in [3.05, 3.63) is 34.3 Å². The van der Waals surface area contributed by atoms with Crippen LogP contribution in [0.3, 0.4) is 0 Å². The molecule has 0 spiro atoms. The molecule has 1 unspecified atom stereocenters. The molecule has 1 saturated heterocycles. The molecule has 0 bridgehead atoms. The van der Waals surface area contributed by atoms with Gasteiger partial charge in [-0.2, -0.15) is 0 Å². The van der Waals surface area contributed by atoms with Gasteiger partial charge in [-0.25, -0.2) is 0 Å². The summed E-state index contributed by atoms with van der Waals surface area (Å²) in [6.45, 7) is 3.97. The Morgan fingerprint density at radius 2 is 2.38 bits per heavy atom. The van der Waals surface area contributed by atoms with E-state index in [1.54, 1.807) is 0 Å². The predicted octanol–water partition coefficient (Wildman–Crippen LogP) is 3.28. The van der Waals surface area contributed by atoms with Crippen LogP contribution >= 0.6 is 15.9 Å². The Morgan fingerprint density at radius 3 is 3.06 bits per heavy atom. The number of hydrogen-bond acceptors (Lipinski definition) is 2. The standard InChI is InChI=1S/C13H18BrNO/c1-10(11-4-2-5-12(14)8-11)15-13-6-3-7-16-9-13/h2,4-5,8,10,13,15H,3,6-7,9H2,1H3/t10-,13?/m1/s1. The Hall–Kier alpha value is -0.380. The van der Waals surface area contributed by atoms with Gasteiger partial charge in [0, 0.05) is 23.2 Å². The Bertz CT molecular complexity index is 336. The van der Waals surface area contributed by atoms with E-state index in [4.69, 9.17) is 4.74 Å². The van der Waals surface area contributed by atoms with Crippen molar-refractivity contribution in [3.63, 3.8) is 0 Å². The third kappa shape index (κ3) is 3.30. The van der Waals surface area contributed by atoms with E-state index in [0.717, 1.165) is 17.7 Å². The minimum absolute atomic E-state index is 0.379. The van der Waals surface area contributed by atoms with Crippen LogP contribution in [0.15, 0.2) is 28.7 Å². The van der Waals surface area contributed by atoms with Gasteiger partial charge in [0.1, 0.15) is 0 Å². The Kier molecular flexibility index (Phi) is 4.38. The summed E-state index contributed by atoms with van der Waals surface area (Å²) < 4.78 is 6.61. The number of halogens is 1. The smallest absolute Gasteiger partial charge is 0.0619 e. The van der Waals surface area contributed by atoms with E-state index in [2.05, 4.69) is 52.4 Å². The molecule has 2 nitrogen and oxygen atoms in total. The molecule has 1 aliphatic heterocycles. The van der Waals surface area contributed by atoms with E-state index in [1.165, 1.54) is 18.4 Å². The second-order valence-electron chi connectivity index (χ2n) is 4.36. The molecule has 2 atom stereocenters. The summed E-state index contributed by atoms with van der Waals surface area (Å²) in [5, 5.41) is 3.62. The van der Waals surface area contributed by atoms with Crippen LogP contribution in [0, 0.1) is 0 Å². The van der Waals surface area contributed by atoms with Gasteiger partial charge in [-0.3, -0.25) is 0 Å². The molecule has 0 radical (unpaired) electrons. The second kappa shape index (κ2) is 5.80. The van der Waals surface area contributed by atoms with Crippen molar-refractivity contribution in [2.75, 3.05) is 13.2 Å². The number of hydrogen-bond donors (Lipinski definition) is 1. The quantitative estimate of drug-likeness (QED) is 0.919. The molecule has 1 heterocycles. The molecule has 0 saturated carbocycles. The molecule has 0 aliphatic carbocycles. The first kappa shape index (κ1) is 12.1. The maximum absolute atomic E-state index is 5.47. The van der Waals surface area contributed by atoms with Gasteiger partial charge >= 0.3 is 0 Å². The number of nitrogens with one attached hydrogen (secondary N) is 1. The lowest BCUT2D eigenvalue weighted by molar-refractivity contribution is 0.0671. The largest absolute Gasteiger partial charge is 0.380 e. The maximum Gasteiger partial charge on any atom is 0.0619 e. The molecule has 2 rings (SSSR count). The summed E-state index contributed by atoms with van der Waals surface area (Å²) in [6.07, 6.45) is 2.39. The molecule has 1 N–H and O–H groups in total. The van der Waals surface area contributed by atoms with Gasteiger partial charge in [-0.05, 0) is 37.5 Å². The first-order valence-corrected chi connectivity index (χ1v) is 6.64. The highest BCUT2D eigenvalue weighted by molar-refractivity contribution is 9.10. The van der Waals surface area contributed by atoms with Crippen molar-refractivity contribution < 1.29 is 4.74 Å². The van der Waals surface area contributed by atoms with Crippen LogP contribution in [0.4, 0.5) is 0 Å². The molecular formula is C13H18BrNO. The lowest BCUT2D eigenvalue weighted by Crippen LogP contribution is -2.38.